The van der Waals surface area contributed by atoms with Crippen LogP contribution in [0.5, 0.6) is 0 Å². The smallest absolute Gasteiger partial charge is 0.299 e. The van der Waals surface area contributed by atoms with Crippen LogP contribution in [0.15, 0.2) is 23.1 Å². The Bertz CT molecular complexity index is 608. The molecular formula is C13H17F3N2O2S. The van der Waals surface area contributed by atoms with Crippen LogP contribution < -0.4 is 5.14 Å². The lowest BCUT2D eigenvalue weighted by Gasteiger charge is -2.26. The number of alkyl halides is 3. The number of nitrogens with two attached hydrogens (primary N) is 1. The SMILES string of the molecule is NS(=O)(=O)c1cc(CN2CCCCC2)cc(C(F)(F)F)c1. The second kappa shape index (κ2) is 5.94. The first-order chi connectivity index (χ1) is 9.66. The number of piperidine rings is 1. The average molecular weight is 322 g/mol. The normalized spacial score (nSPS) is 17.9. The first-order valence-electron chi connectivity index (χ1n) is 6.62. The Hall–Kier alpha value is -1.12. The third-order valence-electron chi connectivity index (χ3n) is 3.48. The number of benzene rings is 1. The molecule has 0 unspecified atom stereocenters. The van der Waals surface area contributed by atoms with Gasteiger partial charge in [-0.25, -0.2) is 13.6 Å². The van der Waals surface area contributed by atoms with E-state index in [1.165, 1.54) is 6.07 Å². The van der Waals surface area contributed by atoms with Gasteiger partial charge in [-0.2, -0.15) is 13.2 Å². The van der Waals surface area contributed by atoms with E-state index in [2.05, 4.69) is 0 Å². The van der Waals surface area contributed by atoms with E-state index < -0.39 is 26.7 Å². The van der Waals surface area contributed by atoms with Gasteiger partial charge in [0.1, 0.15) is 0 Å². The summed E-state index contributed by atoms with van der Waals surface area (Å²) in [7, 11) is -4.17. The maximum absolute atomic E-state index is 12.9. The molecule has 4 nitrogen and oxygen atoms in total. The van der Waals surface area contributed by atoms with E-state index in [-0.39, 0.29) is 0 Å². The number of nitrogens with zero attached hydrogens (tertiary/aromatic N) is 1. The summed E-state index contributed by atoms with van der Waals surface area (Å²) in [6.07, 6.45) is -1.49. The first kappa shape index (κ1) is 16.3. The summed E-state index contributed by atoms with van der Waals surface area (Å²) in [6.45, 7) is 1.91. The molecule has 1 fully saturated rings. The molecule has 8 heteroatoms. The van der Waals surface area contributed by atoms with Crippen LogP contribution >= 0.6 is 0 Å². The Morgan fingerprint density at radius 3 is 2.24 bits per heavy atom. The van der Waals surface area contributed by atoms with Crippen molar-refractivity contribution in [3.8, 4) is 0 Å². The van der Waals surface area contributed by atoms with Gasteiger partial charge in [0.2, 0.25) is 10.0 Å². The van der Waals surface area contributed by atoms with Gasteiger partial charge in [-0.15, -0.1) is 0 Å². The van der Waals surface area contributed by atoms with Gasteiger partial charge in [0.05, 0.1) is 10.5 Å². The van der Waals surface area contributed by atoms with Crippen molar-refractivity contribution >= 4 is 10.0 Å². The molecule has 1 aliphatic rings. The van der Waals surface area contributed by atoms with Crippen molar-refractivity contribution in [2.75, 3.05) is 13.1 Å². The molecule has 0 radical (unpaired) electrons. The zero-order chi connectivity index (χ0) is 15.7. The van der Waals surface area contributed by atoms with Crippen LogP contribution in [-0.4, -0.2) is 26.4 Å². The van der Waals surface area contributed by atoms with Crippen molar-refractivity contribution in [2.24, 2.45) is 5.14 Å². The molecule has 0 atom stereocenters. The van der Waals surface area contributed by atoms with Crippen molar-refractivity contribution in [3.05, 3.63) is 29.3 Å². The quantitative estimate of drug-likeness (QED) is 0.929. The van der Waals surface area contributed by atoms with Crippen LogP contribution in [0, 0.1) is 0 Å². The zero-order valence-corrected chi connectivity index (χ0v) is 12.2. The van der Waals surface area contributed by atoms with Gasteiger partial charge in [-0.3, -0.25) is 4.90 Å². The summed E-state index contributed by atoms with van der Waals surface area (Å²) < 4.78 is 61.3. The lowest BCUT2D eigenvalue weighted by molar-refractivity contribution is -0.137. The summed E-state index contributed by atoms with van der Waals surface area (Å²) in [5.74, 6) is 0. The van der Waals surface area contributed by atoms with Crippen molar-refractivity contribution in [1.82, 2.24) is 4.90 Å². The third-order valence-corrected chi connectivity index (χ3v) is 4.37. The fourth-order valence-electron chi connectivity index (χ4n) is 2.46. The molecule has 1 saturated heterocycles. The molecule has 2 rings (SSSR count). The van der Waals surface area contributed by atoms with Crippen LogP contribution in [0.25, 0.3) is 0 Å². The lowest BCUT2D eigenvalue weighted by Crippen LogP contribution is -2.29. The van der Waals surface area contributed by atoms with E-state index in [1.807, 2.05) is 4.90 Å². The van der Waals surface area contributed by atoms with Gasteiger partial charge < -0.3 is 0 Å². The number of halogens is 3. The van der Waals surface area contributed by atoms with Crippen LogP contribution in [0.4, 0.5) is 13.2 Å². The molecule has 118 valence electrons. The third kappa shape index (κ3) is 4.42. The lowest BCUT2D eigenvalue weighted by atomic mass is 10.1. The van der Waals surface area contributed by atoms with E-state index in [0.717, 1.165) is 38.4 Å². The maximum Gasteiger partial charge on any atom is 0.416 e. The predicted molar refractivity (Wildman–Crippen MR) is 71.9 cm³/mol. The maximum atomic E-state index is 12.9. The molecule has 0 aromatic heterocycles. The minimum Gasteiger partial charge on any atom is -0.299 e. The summed E-state index contributed by atoms with van der Waals surface area (Å²) in [4.78, 5) is 1.52. The minimum atomic E-state index is -4.60. The number of likely N-dealkylation sites (tertiary alicyclic amines) is 1. The van der Waals surface area contributed by atoms with E-state index in [0.29, 0.717) is 18.2 Å². The number of rotatable bonds is 3. The minimum absolute atomic E-state index is 0.298. The van der Waals surface area contributed by atoms with E-state index >= 15 is 0 Å². The van der Waals surface area contributed by atoms with Crippen LogP contribution in [0.3, 0.4) is 0 Å². The van der Waals surface area contributed by atoms with Crippen molar-refractivity contribution in [1.29, 1.82) is 0 Å². The fraction of sp³-hybridized carbons (Fsp3) is 0.538. The Kier molecular flexibility index (Phi) is 4.60. The van der Waals surface area contributed by atoms with Crippen molar-refractivity contribution < 1.29 is 21.6 Å². The Labute approximate surface area is 121 Å². The van der Waals surface area contributed by atoms with Gasteiger partial charge in [0.15, 0.2) is 0 Å². The Morgan fingerprint density at radius 2 is 1.71 bits per heavy atom. The Morgan fingerprint density at radius 1 is 1.10 bits per heavy atom. The molecule has 0 aliphatic carbocycles. The topological polar surface area (TPSA) is 63.4 Å². The molecule has 1 aromatic rings. The average Bonchev–Trinajstić information content (AvgIpc) is 2.37. The standard InChI is InChI=1S/C13H17F3N2O2S/c14-13(15,16)11-6-10(7-12(8-11)21(17,19)20)9-18-4-2-1-3-5-18/h6-8H,1-5,9H2,(H2,17,19,20). The van der Waals surface area contributed by atoms with E-state index in [1.54, 1.807) is 0 Å². The van der Waals surface area contributed by atoms with Gasteiger partial charge in [0.25, 0.3) is 0 Å². The van der Waals surface area contributed by atoms with Crippen LogP contribution in [0.2, 0.25) is 0 Å². The Balaban J connectivity index is 2.35. The summed E-state index contributed by atoms with van der Waals surface area (Å²) in [5, 5.41) is 4.96. The number of hydrogen-bond donors (Lipinski definition) is 1. The molecule has 21 heavy (non-hydrogen) atoms. The highest BCUT2D eigenvalue weighted by Gasteiger charge is 2.32. The molecule has 0 saturated carbocycles. The number of hydrogen-bond acceptors (Lipinski definition) is 3. The second-order valence-electron chi connectivity index (χ2n) is 5.25. The number of sulfonamides is 1. The highest BCUT2D eigenvalue weighted by Crippen LogP contribution is 2.32. The van der Waals surface area contributed by atoms with Crippen LogP contribution in [0.1, 0.15) is 30.4 Å². The number of primary sulfonamides is 1. The summed E-state index contributed by atoms with van der Waals surface area (Å²) in [6, 6.07) is 2.79. The molecule has 0 spiro atoms. The molecule has 0 bridgehead atoms. The highest BCUT2D eigenvalue weighted by molar-refractivity contribution is 7.89. The summed E-state index contributed by atoms with van der Waals surface area (Å²) in [5.41, 5.74) is -0.670. The fourth-order valence-corrected chi connectivity index (χ4v) is 3.06. The highest BCUT2D eigenvalue weighted by atomic mass is 32.2. The molecule has 1 aliphatic heterocycles. The van der Waals surface area contributed by atoms with E-state index in [4.69, 9.17) is 5.14 Å². The first-order valence-corrected chi connectivity index (χ1v) is 8.17. The largest absolute Gasteiger partial charge is 0.416 e. The zero-order valence-electron chi connectivity index (χ0n) is 11.4. The molecule has 2 N–H and O–H groups in total. The van der Waals surface area contributed by atoms with Crippen molar-refractivity contribution in [3.63, 3.8) is 0 Å². The van der Waals surface area contributed by atoms with Gasteiger partial charge in [-0.1, -0.05) is 6.42 Å². The van der Waals surface area contributed by atoms with Gasteiger partial charge >= 0.3 is 6.18 Å². The molecule has 0 amide bonds. The van der Waals surface area contributed by atoms with Gasteiger partial charge in [0, 0.05) is 6.54 Å². The van der Waals surface area contributed by atoms with E-state index in [9.17, 15) is 21.6 Å². The predicted octanol–water partition coefficient (Wildman–Crippen LogP) is 2.34. The molecular weight excluding hydrogens is 305 g/mol. The molecule has 1 heterocycles. The van der Waals surface area contributed by atoms with Gasteiger partial charge in [-0.05, 0) is 49.7 Å². The molecule has 1 aromatic carbocycles. The van der Waals surface area contributed by atoms with Crippen LogP contribution in [-0.2, 0) is 22.7 Å². The monoisotopic (exact) mass is 322 g/mol. The second-order valence-corrected chi connectivity index (χ2v) is 6.81. The van der Waals surface area contributed by atoms with Crippen molar-refractivity contribution in [2.45, 2.75) is 36.9 Å². The summed E-state index contributed by atoms with van der Waals surface area (Å²) >= 11 is 0.